The van der Waals surface area contributed by atoms with Crippen molar-refractivity contribution in [3.05, 3.63) is 0 Å². The van der Waals surface area contributed by atoms with Crippen LogP contribution in [0.25, 0.3) is 0 Å². The molecule has 0 aromatic carbocycles. The van der Waals surface area contributed by atoms with Crippen molar-refractivity contribution in [3.8, 4) is 0 Å². The Morgan fingerprint density at radius 2 is 1.50 bits per heavy atom. The molecular formula is C3H5BK2O2. The fourth-order valence-electron chi connectivity index (χ4n) is 0.368. The van der Waals surface area contributed by atoms with E-state index in [0.29, 0.717) is 0 Å². The van der Waals surface area contributed by atoms with Gasteiger partial charge in [0, 0.05) is 0 Å². The molecule has 1 fully saturated rings. The zero-order valence-electron chi connectivity index (χ0n) is 5.39. The maximum atomic E-state index is 9.73. The van der Waals surface area contributed by atoms with Crippen LogP contribution in [-0.2, 0) is 0 Å². The molecule has 0 aromatic heterocycles. The van der Waals surface area contributed by atoms with E-state index in [4.69, 9.17) is 0 Å². The fraction of sp³-hybridized carbons (Fsp3) is 1.00. The minimum Gasteiger partial charge on any atom is -0.893 e. The molecule has 0 saturated heterocycles. The molecule has 0 radical (unpaired) electrons. The molecule has 0 amide bonds. The fourth-order valence-corrected chi connectivity index (χ4v) is 0.368. The second kappa shape index (κ2) is 6.94. The summed E-state index contributed by atoms with van der Waals surface area (Å²) in [6.45, 7) is 0. The van der Waals surface area contributed by atoms with Gasteiger partial charge < -0.3 is 10.0 Å². The topological polar surface area (TPSA) is 46.1 Å². The summed E-state index contributed by atoms with van der Waals surface area (Å²) in [5.74, 6) is -0.00926. The summed E-state index contributed by atoms with van der Waals surface area (Å²) in [7, 11) is -1.54. The number of hydrogen-bond donors (Lipinski definition) is 0. The number of rotatable bonds is 1. The molecule has 1 aliphatic carbocycles. The van der Waals surface area contributed by atoms with E-state index in [1.807, 2.05) is 0 Å². The van der Waals surface area contributed by atoms with Crippen molar-refractivity contribution in [3.63, 3.8) is 0 Å². The van der Waals surface area contributed by atoms with Gasteiger partial charge in [0.15, 0.2) is 0 Å². The second-order valence-electron chi connectivity index (χ2n) is 1.71. The molecule has 1 rings (SSSR count). The van der Waals surface area contributed by atoms with E-state index >= 15 is 0 Å². The van der Waals surface area contributed by atoms with Crippen LogP contribution in [0.5, 0.6) is 0 Å². The van der Waals surface area contributed by atoms with E-state index in [0.717, 1.165) is 12.8 Å². The van der Waals surface area contributed by atoms with Crippen LogP contribution in [0, 0.1) is 0 Å². The monoisotopic (exact) mass is 162 g/mol. The van der Waals surface area contributed by atoms with Crippen LogP contribution in [0.2, 0.25) is 5.82 Å². The SMILES string of the molecule is [K+].[K+].[O-]B([O-])C1CC1. The van der Waals surface area contributed by atoms with Crippen molar-refractivity contribution >= 4 is 7.12 Å². The molecular weight excluding hydrogens is 157 g/mol. The van der Waals surface area contributed by atoms with E-state index in [-0.39, 0.29) is 109 Å². The van der Waals surface area contributed by atoms with Gasteiger partial charge in [-0.3, -0.25) is 0 Å². The first-order chi connectivity index (χ1) is 2.80. The van der Waals surface area contributed by atoms with Gasteiger partial charge in [0.2, 0.25) is 0 Å². The van der Waals surface area contributed by atoms with Crippen LogP contribution in [0.1, 0.15) is 12.8 Å². The Balaban J connectivity index is 0. The average molecular weight is 162 g/mol. The summed E-state index contributed by atoms with van der Waals surface area (Å²) in [6.07, 6.45) is 1.75. The zero-order valence-corrected chi connectivity index (χ0v) is 11.6. The third-order valence-corrected chi connectivity index (χ3v) is 1.01. The largest absolute Gasteiger partial charge is 1.00 e. The smallest absolute Gasteiger partial charge is 0.893 e. The Kier molecular flexibility index (Phi) is 12.0. The van der Waals surface area contributed by atoms with Gasteiger partial charge in [0.25, 0.3) is 0 Å². The minimum atomic E-state index is -1.54. The van der Waals surface area contributed by atoms with Gasteiger partial charge in [-0.1, -0.05) is 12.8 Å². The van der Waals surface area contributed by atoms with E-state index < -0.39 is 7.12 Å². The van der Waals surface area contributed by atoms with Gasteiger partial charge in [-0.15, -0.1) is 12.9 Å². The first-order valence-corrected chi connectivity index (χ1v) is 2.12. The van der Waals surface area contributed by atoms with E-state index in [9.17, 15) is 10.0 Å². The van der Waals surface area contributed by atoms with Gasteiger partial charge in [0.1, 0.15) is 0 Å². The average Bonchev–Trinajstić information content (AvgIpc) is 2.06. The minimum absolute atomic E-state index is 0. The Morgan fingerprint density at radius 1 is 1.12 bits per heavy atom. The quantitative estimate of drug-likeness (QED) is 0.359. The first-order valence-electron chi connectivity index (χ1n) is 2.12. The van der Waals surface area contributed by atoms with Crippen molar-refractivity contribution in [2.75, 3.05) is 0 Å². The summed E-state index contributed by atoms with van der Waals surface area (Å²) in [5, 5.41) is 19.5. The maximum absolute atomic E-state index is 9.73. The summed E-state index contributed by atoms with van der Waals surface area (Å²) < 4.78 is 0. The van der Waals surface area contributed by atoms with E-state index in [1.165, 1.54) is 0 Å². The molecule has 0 heterocycles. The van der Waals surface area contributed by atoms with Gasteiger partial charge in [-0.25, -0.2) is 0 Å². The zero-order chi connectivity index (χ0) is 4.57. The van der Waals surface area contributed by atoms with Crippen molar-refractivity contribution < 1.29 is 113 Å². The van der Waals surface area contributed by atoms with Crippen molar-refractivity contribution in [2.24, 2.45) is 0 Å². The molecule has 0 spiro atoms. The summed E-state index contributed by atoms with van der Waals surface area (Å²) in [5.41, 5.74) is 0. The first kappa shape index (κ1) is 13.8. The van der Waals surface area contributed by atoms with Crippen LogP contribution in [0.4, 0.5) is 0 Å². The van der Waals surface area contributed by atoms with Crippen LogP contribution >= 0.6 is 0 Å². The predicted molar refractivity (Wildman–Crippen MR) is 18.7 cm³/mol. The van der Waals surface area contributed by atoms with E-state index in [1.54, 1.807) is 0 Å². The molecule has 34 valence electrons. The molecule has 0 aromatic rings. The molecule has 0 unspecified atom stereocenters. The molecule has 0 bridgehead atoms. The van der Waals surface area contributed by atoms with E-state index in [2.05, 4.69) is 0 Å². The summed E-state index contributed by atoms with van der Waals surface area (Å²) in [4.78, 5) is 0. The predicted octanol–water partition coefficient (Wildman–Crippen LogP) is -7.63. The molecule has 0 N–H and O–H groups in total. The van der Waals surface area contributed by atoms with Gasteiger partial charge in [-0.05, 0) is 0 Å². The third kappa shape index (κ3) is 6.00. The summed E-state index contributed by atoms with van der Waals surface area (Å²) >= 11 is 0. The molecule has 1 aliphatic rings. The molecule has 8 heavy (non-hydrogen) atoms. The Bertz CT molecular complexity index is 57.2. The van der Waals surface area contributed by atoms with Gasteiger partial charge in [0.05, 0.1) is 0 Å². The Morgan fingerprint density at radius 3 is 1.50 bits per heavy atom. The van der Waals surface area contributed by atoms with Gasteiger partial charge in [-0.2, -0.15) is 0 Å². The van der Waals surface area contributed by atoms with Crippen molar-refractivity contribution in [1.29, 1.82) is 0 Å². The maximum Gasteiger partial charge on any atom is 1.00 e. The number of hydrogen-bond acceptors (Lipinski definition) is 2. The van der Waals surface area contributed by atoms with Crippen molar-refractivity contribution in [1.82, 2.24) is 0 Å². The molecule has 0 aliphatic heterocycles. The van der Waals surface area contributed by atoms with Crippen molar-refractivity contribution in [2.45, 2.75) is 18.7 Å². The van der Waals surface area contributed by atoms with Crippen LogP contribution in [0.15, 0.2) is 0 Å². The second-order valence-corrected chi connectivity index (χ2v) is 1.71. The summed E-state index contributed by atoms with van der Waals surface area (Å²) in [6, 6.07) is 0. The third-order valence-electron chi connectivity index (χ3n) is 1.01. The molecule has 5 heteroatoms. The van der Waals surface area contributed by atoms with Crippen LogP contribution in [-0.4, -0.2) is 7.12 Å². The molecule has 2 nitrogen and oxygen atoms in total. The van der Waals surface area contributed by atoms with Crippen LogP contribution in [0.3, 0.4) is 0 Å². The normalized spacial score (nSPS) is 15.8. The molecule has 1 saturated carbocycles. The Hall–Kier alpha value is 3.26. The Labute approximate surface area is 135 Å². The van der Waals surface area contributed by atoms with Gasteiger partial charge >= 0.3 is 103 Å². The standard InChI is InChI=1S/C3H5BO2.2K/c5-4(6)3-1-2-3;;/h3H,1-2H2;;/q-2;2*+1. The van der Waals surface area contributed by atoms with Crippen LogP contribution < -0.4 is 113 Å². The molecule has 0 atom stereocenters.